The van der Waals surface area contributed by atoms with Gasteiger partial charge < -0.3 is 10.4 Å². The number of nitrogens with one attached hydrogen (secondary N) is 1. The zero-order valence-electron chi connectivity index (χ0n) is 7.27. The molecule has 0 heterocycles. The van der Waals surface area contributed by atoms with E-state index in [1.54, 1.807) is 0 Å². The van der Waals surface area contributed by atoms with Crippen LogP contribution < -0.4 is 5.32 Å². The van der Waals surface area contributed by atoms with E-state index in [1.165, 1.54) is 0 Å². The zero-order valence-corrected chi connectivity index (χ0v) is 7.27. The van der Waals surface area contributed by atoms with Gasteiger partial charge in [-0.05, 0) is 19.3 Å². The maximum Gasteiger partial charge on any atom is 0.390 e. The van der Waals surface area contributed by atoms with E-state index in [4.69, 9.17) is 0 Å². The third-order valence-corrected chi connectivity index (χ3v) is 2.29. The molecule has 0 aromatic rings. The molecule has 78 valence electrons. The van der Waals surface area contributed by atoms with E-state index >= 15 is 0 Å². The summed E-state index contributed by atoms with van der Waals surface area (Å²) in [5, 5.41) is 12.0. The Bertz CT molecular complexity index is 160. The second-order valence-corrected chi connectivity index (χ2v) is 3.42. The molecule has 1 aliphatic carbocycles. The fourth-order valence-corrected chi connectivity index (χ4v) is 1.58. The van der Waals surface area contributed by atoms with Crippen LogP contribution in [0.1, 0.15) is 25.7 Å². The highest BCUT2D eigenvalue weighted by molar-refractivity contribution is 4.82. The average molecular weight is 197 g/mol. The normalized spacial score (nSPS) is 29.5. The highest BCUT2D eigenvalue weighted by Gasteiger charge is 2.29. The molecule has 0 saturated heterocycles. The first-order valence-electron chi connectivity index (χ1n) is 4.47. The van der Waals surface area contributed by atoms with Gasteiger partial charge in [0, 0.05) is 12.6 Å². The lowest BCUT2D eigenvalue weighted by Gasteiger charge is -2.16. The van der Waals surface area contributed by atoms with Crippen LogP contribution >= 0.6 is 0 Å². The minimum Gasteiger partial charge on any atom is -0.392 e. The van der Waals surface area contributed by atoms with Crippen LogP contribution in [0.4, 0.5) is 13.2 Å². The summed E-state index contributed by atoms with van der Waals surface area (Å²) in [5.74, 6) is 0. The molecule has 1 rings (SSSR count). The third kappa shape index (κ3) is 3.95. The van der Waals surface area contributed by atoms with Crippen molar-refractivity contribution >= 4 is 0 Å². The summed E-state index contributed by atoms with van der Waals surface area (Å²) < 4.78 is 35.2. The Hall–Kier alpha value is -0.290. The van der Waals surface area contributed by atoms with Gasteiger partial charge in [-0.2, -0.15) is 13.2 Å². The van der Waals surface area contributed by atoms with Gasteiger partial charge in [-0.25, -0.2) is 0 Å². The van der Waals surface area contributed by atoms with E-state index in [9.17, 15) is 18.3 Å². The van der Waals surface area contributed by atoms with Crippen molar-refractivity contribution in [2.24, 2.45) is 0 Å². The molecular weight excluding hydrogens is 183 g/mol. The van der Waals surface area contributed by atoms with Gasteiger partial charge >= 0.3 is 6.18 Å². The van der Waals surface area contributed by atoms with Crippen molar-refractivity contribution in [3.05, 3.63) is 0 Å². The van der Waals surface area contributed by atoms with Crippen molar-refractivity contribution in [2.45, 2.75) is 44.0 Å². The molecule has 0 spiro atoms. The van der Waals surface area contributed by atoms with Crippen LogP contribution in [0.5, 0.6) is 0 Å². The third-order valence-electron chi connectivity index (χ3n) is 2.29. The molecule has 5 heteroatoms. The lowest BCUT2D eigenvalue weighted by Crippen LogP contribution is -2.37. The minimum absolute atomic E-state index is 0.0920. The van der Waals surface area contributed by atoms with Gasteiger partial charge in [0.1, 0.15) is 0 Å². The first-order valence-corrected chi connectivity index (χ1v) is 4.47. The topological polar surface area (TPSA) is 32.3 Å². The number of hydrogen-bond donors (Lipinski definition) is 2. The standard InChI is InChI=1S/C8H14F3NO/c9-8(10,11)4-5-12-6-2-1-3-7(6)13/h6-7,12-13H,1-5H2/t6-,7-/m0/s1. The number of aliphatic hydroxyl groups excluding tert-OH is 1. The van der Waals surface area contributed by atoms with Crippen molar-refractivity contribution in [2.75, 3.05) is 6.54 Å². The SMILES string of the molecule is O[C@H]1CCC[C@@H]1NCCC(F)(F)F. The van der Waals surface area contributed by atoms with Crippen molar-refractivity contribution in [1.29, 1.82) is 0 Å². The molecule has 0 unspecified atom stereocenters. The molecule has 0 bridgehead atoms. The largest absolute Gasteiger partial charge is 0.392 e. The highest BCUT2D eigenvalue weighted by Crippen LogP contribution is 2.21. The molecule has 1 fully saturated rings. The van der Waals surface area contributed by atoms with Gasteiger partial charge in [-0.15, -0.1) is 0 Å². The van der Waals surface area contributed by atoms with Crippen LogP contribution in [0.15, 0.2) is 0 Å². The Morgan fingerprint density at radius 2 is 2.00 bits per heavy atom. The van der Waals surface area contributed by atoms with E-state index in [2.05, 4.69) is 5.32 Å². The summed E-state index contributed by atoms with van der Waals surface area (Å²) in [5.41, 5.74) is 0. The smallest absolute Gasteiger partial charge is 0.390 e. The van der Waals surface area contributed by atoms with Crippen molar-refractivity contribution < 1.29 is 18.3 Å². The van der Waals surface area contributed by atoms with E-state index in [-0.39, 0.29) is 12.6 Å². The van der Waals surface area contributed by atoms with E-state index in [0.717, 1.165) is 12.8 Å². The summed E-state index contributed by atoms with van der Waals surface area (Å²) in [4.78, 5) is 0. The van der Waals surface area contributed by atoms with Gasteiger partial charge in [0.2, 0.25) is 0 Å². The monoisotopic (exact) mass is 197 g/mol. The van der Waals surface area contributed by atoms with Gasteiger partial charge in [0.25, 0.3) is 0 Å². The number of rotatable bonds is 3. The van der Waals surface area contributed by atoms with Gasteiger partial charge in [0.15, 0.2) is 0 Å². The fourth-order valence-electron chi connectivity index (χ4n) is 1.58. The second-order valence-electron chi connectivity index (χ2n) is 3.42. The Balaban J connectivity index is 2.12. The molecule has 0 aromatic carbocycles. The maximum atomic E-state index is 11.7. The zero-order chi connectivity index (χ0) is 9.90. The molecule has 0 amide bonds. The van der Waals surface area contributed by atoms with E-state index < -0.39 is 18.7 Å². The lowest BCUT2D eigenvalue weighted by molar-refractivity contribution is -0.133. The number of aliphatic hydroxyl groups is 1. The Morgan fingerprint density at radius 3 is 2.46 bits per heavy atom. The number of alkyl halides is 3. The van der Waals surface area contributed by atoms with Gasteiger partial charge in [-0.3, -0.25) is 0 Å². The van der Waals surface area contributed by atoms with Crippen LogP contribution in [0.3, 0.4) is 0 Å². The average Bonchev–Trinajstić information content (AvgIpc) is 2.34. The molecule has 1 aliphatic rings. The molecular formula is C8H14F3NO. The fraction of sp³-hybridized carbons (Fsp3) is 1.00. The van der Waals surface area contributed by atoms with Crippen LogP contribution in [-0.2, 0) is 0 Å². The molecule has 0 radical (unpaired) electrons. The highest BCUT2D eigenvalue weighted by atomic mass is 19.4. The molecule has 1 saturated carbocycles. The predicted octanol–water partition coefficient (Wildman–Crippen LogP) is 1.44. The van der Waals surface area contributed by atoms with E-state index in [1.807, 2.05) is 0 Å². The number of halogens is 3. The summed E-state index contributed by atoms with van der Waals surface area (Å²) in [7, 11) is 0. The molecule has 2 nitrogen and oxygen atoms in total. The minimum atomic E-state index is -4.10. The lowest BCUT2D eigenvalue weighted by atomic mass is 10.2. The van der Waals surface area contributed by atoms with Crippen molar-refractivity contribution in [3.8, 4) is 0 Å². The summed E-state index contributed by atoms with van der Waals surface area (Å²) in [6, 6.07) is -0.137. The predicted molar refractivity (Wildman–Crippen MR) is 42.3 cm³/mol. The van der Waals surface area contributed by atoms with Gasteiger partial charge in [0.05, 0.1) is 12.5 Å². The first-order chi connectivity index (χ1) is 5.99. The van der Waals surface area contributed by atoms with Crippen LogP contribution in [0.25, 0.3) is 0 Å². The molecule has 0 aliphatic heterocycles. The summed E-state index contributed by atoms with van der Waals surface area (Å²) in [6.07, 6.45) is -3.02. The first kappa shape index (κ1) is 10.8. The Kier molecular flexibility index (Phi) is 3.55. The van der Waals surface area contributed by atoms with Gasteiger partial charge in [-0.1, -0.05) is 0 Å². The van der Waals surface area contributed by atoms with Crippen LogP contribution in [0.2, 0.25) is 0 Å². The molecule has 0 aromatic heterocycles. The Labute approximate surface area is 75.1 Å². The second kappa shape index (κ2) is 4.28. The Morgan fingerprint density at radius 1 is 1.31 bits per heavy atom. The summed E-state index contributed by atoms with van der Waals surface area (Å²) >= 11 is 0. The molecule has 2 atom stereocenters. The van der Waals surface area contributed by atoms with Crippen LogP contribution in [0, 0.1) is 0 Å². The van der Waals surface area contributed by atoms with Crippen molar-refractivity contribution in [3.63, 3.8) is 0 Å². The van der Waals surface area contributed by atoms with Crippen molar-refractivity contribution in [1.82, 2.24) is 5.32 Å². The summed E-state index contributed by atoms with van der Waals surface area (Å²) in [6.45, 7) is -0.0920. The quantitative estimate of drug-likeness (QED) is 0.717. The van der Waals surface area contributed by atoms with E-state index in [0.29, 0.717) is 6.42 Å². The molecule has 13 heavy (non-hydrogen) atoms. The number of hydrogen-bond acceptors (Lipinski definition) is 2. The van der Waals surface area contributed by atoms with Crippen LogP contribution in [-0.4, -0.2) is 30.0 Å². The molecule has 2 N–H and O–H groups in total. The maximum absolute atomic E-state index is 11.7.